The summed E-state index contributed by atoms with van der Waals surface area (Å²) in [5.74, 6) is -0.00119. The van der Waals surface area contributed by atoms with Crippen molar-refractivity contribution >= 4 is 17.5 Å². The van der Waals surface area contributed by atoms with Crippen LogP contribution in [0.5, 0.6) is 0 Å². The van der Waals surface area contributed by atoms with Crippen LogP contribution < -0.4 is 10.6 Å². The Labute approximate surface area is 172 Å². The van der Waals surface area contributed by atoms with Crippen LogP contribution in [0.1, 0.15) is 82.9 Å². The number of carbonyl (C=O) groups is 2. The van der Waals surface area contributed by atoms with Crippen molar-refractivity contribution in [3.63, 3.8) is 0 Å². The third-order valence-corrected chi connectivity index (χ3v) is 5.96. The van der Waals surface area contributed by atoms with E-state index in [-0.39, 0.29) is 17.9 Å². The lowest BCUT2D eigenvalue weighted by atomic mass is 9.95. The fraction of sp³-hybridized carbons (Fsp3) is 0.522. The molecule has 2 N–H and O–H groups in total. The number of benzene rings is 1. The summed E-state index contributed by atoms with van der Waals surface area (Å²) in [4.78, 5) is 30.5. The van der Waals surface area contributed by atoms with Crippen molar-refractivity contribution < 1.29 is 9.59 Å². The molecule has 29 heavy (non-hydrogen) atoms. The molecule has 0 radical (unpaired) electrons. The van der Waals surface area contributed by atoms with Crippen molar-refractivity contribution in [3.05, 3.63) is 46.5 Å². The van der Waals surface area contributed by atoms with E-state index in [1.807, 2.05) is 30.5 Å². The Morgan fingerprint density at radius 1 is 0.966 bits per heavy atom. The van der Waals surface area contributed by atoms with Gasteiger partial charge in [-0.25, -0.2) is 4.98 Å². The maximum atomic E-state index is 13.0. The molecule has 2 amide bonds. The number of hydrogen-bond donors (Lipinski definition) is 2. The molecular formula is C23H30N4O2. The van der Waals surface area contributed by atoms with Crippen LogP contribution in [-0.4, -0.2) is 27.4 Å². The van der Waals surface area contributed by atoms with Crippen LogP contribution in [-0.2, 0) is 13.0 Å². The summed E-state index contributed by atoms with van der Waals surface area (Å²) in [5.41, 5.74) is 4.22. The standard InChI is InChI=1S/C23H30N4O2/c1-15-12-16(2)14-18(13-15)25-22(28)20-19-10-6-7-11-27(19)21(26-20)23(29)24-17-8-4-3-5-9-17/h12-14,17H,3-11H2,1-2H3,(H,24,29)(H,25,28). The first-order valence-corrected chi connectivity index (χ1v) is 10.8. The minimum Gasteiger partial charge on any atom is -0.347 e. The van der Waals surface area contributed by atoms with Gasteiger partial charge in [0.2, 0.25) is 0 Å². The molecule has 1 aromatic heterocycles. The second kappa shape index (κ2) is 8.39. The highest BCUT2D eigenvalue weighted by Crippen LogP contribution is 2.24. The molecular weight excluding hydrogens is 364 g/mol. The van der Waals surface area contributed by atoms with Crippen molar-refractivity contribution in [2.24, 2.45) is 0 Å². The number of amides is 2. The van der Waals surface area contributed by atoms with Crippen LogP contribution >= 0.6 is 0 Å². The quantitative estimate of drug-likeness (QED) is 0.818. The van der Waals surface area contributed by atoms with E-state index in [1.54, 1.807) is 0 Å². The monoisotopic (exact) mass is 394 g/mol. The van der Waals surface area contributed by atoms with E-state index in [1.165, 1.54) is 6.42 Å². The molecule has 1 saturated carbocycles. The molecule has 4 rings (SSSR count). The fourth-order valence-electron chi connectivity index (χ4n) is 4.63. The van der Waals surface area contributed by atoms with Crippen LogP contribution in [0.15, 0.2) is 18.2 Å². The number of imidazole rings is 1. The van der Waals surface area contributed by atoms with Gasteiger partial charge in [-0.1, -0.05) is 25.3 Å². The summed E-state index contributed by atoms with van der Waals surface area (Å²) in [6.45, 7) is 4.76. The minimum absolute atomic E-state index is 0.148. The molecule has 1 fully saturated rings. The molecule has 0 bridgehead atoms. The second-order valence-corrected chi connectivity index (χ2v) is 8.48. The van der Waals surface area contributed by atoms with Gasteiger partial charge in [0.15, 0.2) is 11.5 Å². The topological polar surface area (TPSA) is 76.0 Å². The fourth-order valence-corrected chi connectivity index (χ4v) is 4.63. The van der Waals surface area contributed by atoms with Crippen molar-refractivity contribution in [2.45, 2.75) is 77.8 Å². The number of nitrogens with one attached hydrogen (secondary N) is 2. The van der Waals surface area contributed by atoms with Crippen LogP contribution in [0, 0.1) is 13.8 Å². The van der Waals surface area contributed by atoms with Crippen LogP contribution in [0.4, 0.5) is 5.69 Å². The summed E-state index contributed by atoms with van der Waals surface area (Å²) in [6.07, 6.45) is 8.42. The molecule has 0 spiro atoms. The van der Waals surface area contributed by atoms with Gasteiger partial charge in [0.25, 0.3) is 11.8 Å². The Morgan fingerprint density at radius 2 is 1.69 bits per heavy atom. The lowest BCUT2D eigenvalue weighted by Gasteiger charge is -2.23. The van der Waals surface area contributed by atoms with Gasteiger partial charge < -0.3 is 15.2 Å². The molecule has 0 saturated heterocycles. The highest BCUT2D eigenvalue weighted by molar-refractivity contribution is 6.05. The summed E-state index contributed by atoms with van der Waals surface area (Å²) in [6, 6.07) is 6.19. The Morgan fingerprint density at radius 3 is 2.41 bits per heavy atom. The molecule has 1 aliphatic carbocycles. The predicted molar refractivity (Wildman–Crippen MR) is 113 cm³/mol. The Kier molecular flexibility index (Phi) is 5.69. The van der Waals surface area contributed by atoms with Gasteiger partial charge in [-0.15, -0.1) is 0 Å². The van der Waals surface area contributed by atoms with Gasteiger partial charge >= 0.3 is 0 Å². The first-order chi connectivity index (χ1) is 14.0. The van der Waals surface area contributed by atoms with Gasteiger partial charge in [-0.3, -0.25) is 9.59 Å². The maximum absolute atomic E-state index is 13.0. The number of carbonyl (C=O) groups excluding carboxylic acids is 2. The Balaban J connectivity index is 1.58. The molecule has 2 aliphatic rings. The van der Waals surface area contributed by atoms with E-state index < -0.39 is 0 Å². The van der Waals surface area contributed by atoms with E-state index in [0.717, 1.165) is 74.0 Å². The van der Waals surface area contributed by atoms with Gasteiger partial charge in [0, 0.05) is 18.3 Å². The van der Waals surface area contributed by atoms with E-state index in [4.69, 9.17) is 0 Å². The largest absolute Gasteiger partial charge is 0.347 e. The molecule has 0 atom stereocenters. The van der Waals surface area contributed by atoms with E-state index in [0.29, 0.717) is 11.5 Å². The third kappa shape index (κ3) is 4.36. The Hall–Kier alpha value is -2.63. The number of aromatic nitrogens is 2. The zero-order valence-corrected chi connectivity index (χ0v) is 17.4. The molecule has 1 aliphatic heterocycles. The van der Waals surface area contributed by atoms with Crippen LogP contribution in [0.2, 0.25) is 0 Å². The zero-order valence-electron chi connectivity index (χ0n) is 17.4. The number of fused-ring (bicyclic) bond motifs is 1. The first-order valence-electron chi connectivity index (χ1n) is 10.8. The SMILES string of the molecule is Cc1cc(C)cc(NC(=O)c2nc(C(=O)NC3CCCCC3)n3c2CCCC3)c1. The minimum atomic E-state index is -0.239. The van der Waals surface area contributed by atoms with Gasteiger partial charge in [0.05, 0.1) is 5.69 Å². The molecule has 2 aromatic rings. The molecule has 6 nitrogen and oxygen atoms in total. The molecule has 154 valence electrons. The maximum Gasteiger partial charge on any atom is 0.287 e. The van der Waals surface area contributed by atoms with Gasteiger partial charge in [0.1, 0.15) is 0 Å². The van der Waals surface area contributed by atoms with E-state index in [2.05, 4.69) is 21.7 Å². The number of hydrogen-bond acceptors (Lipinski definition) is 3. The molecule has 2 heterocycles. The normalized spacial score (nSPS) is 16.9. The van der Waals surface area contributed by atoms with Crippen molar-refractivity contribution in [2.75, 3.05) is 5.32 Å². The summed E-state index contributed by atoms with van der Waals surface area (Å²) < 4.78 is 1.96. The average Bonchev–Trinajstić information content (AvgIpc) is 3.08. The molecule has 6 heteroatoms. The molecule has 0 unspecified atom stereocenters. The Bertz CT molecular complexity index is 905. The number of rotatable bonds is 4. The first kappa shape index (κ1) is 19.7. The van der Waals surface area contributed by atoms with Gasteiger partial charge in [-0.2, -0.15) is 0 Å². The number of nitrogens with zero attached hydrogens (tertiary/aromatic N) is 2. The van der Waals surface area contributed by atoms with E-state index in [9.17, 15) is 9.59 Å². The average molecular weight is 395 g/mol. The zero-order chi connectivity index (χ0) is 20.4. The number of anilines is 1. The molecule has 1 aromatic carbocycles. The van der Waals surface area contributed by atoms with Crippen molar-refractivity contribution in [1.82, 2.24) is 14.9 Å². The number of aryl methyl sites for hydroxylation is 2. The highest BCUT2D eigenvalue weighted by Gasteiger charge is 2.28. The van der Waals surface area contributed by atoms with E-state index >= 15 is 0 Å². The summed E-state index contributed by atoms with van der Waals surface area (Å²) in [7, 11) is 0. The summed E-state index contributed by atoms with van der Waals surface area (Å²) in [5, 5.41) is 6.13. The van der Waals surface area contributed by atoms with Crippen molar-refractivity contribution in [3.8, 4) is 0 Å². The predicted octanol–water partition coefficient (Wildman–Crippen LogP) is 4.15. The second-order valence-electron chi connectivity index (χ2n) is 8.48. The smallest absolute Gasteiger partial charge is 0.287 e. The van der Waals surface area contributed by atoms with Crippen LogP contribution in [0.3, 0.4) is 0 Å². The van der Waals surface area contributed by atoms with Crippen molar-refractivity contribution in [1.29, 1.82) is 0 Å². The lowest BCUT2D eigenvalue weighted by Crippen LogP contribution is -2.37. The van der Waals surface area contributed by atoms with Crippen LogP contribution in [0.25, 0.3) is 0 Å². The lowest BCUT2D eigenvalue weighted by molar-refractivity contribution is 0.0911. The summed E-state index contributed by atoms with van der Waals surface area (Å²) >= 11 is 0. The highest BCUT2D eigenvalue weighted by atomic mass is 16.2. The van der Waals surface area contributed by atoms with Gasteiger partial charge in [-0.05, 0) is 69.2 Å². The third-order valence-electron chi connectivity index (χ3n) is 5.96.